The van der Waals surface area contributed by atoms with E-state index in [1.54, 1.807) is 0 Å². The van der Waals surface area contributed by atoms with Crippen LogP contribution in [0.2, 0.25) is 0 Å². The first-order valence-electron chi connectivity index (χ1n) is 7.31. The van der Waals surface area contributed by atoms with E-state index in [9.17, 15) is 9.59 Å². The smallest absolute Gasteiger partial charge is 0.870 e. The normalized spacial score (nSPS) is 8.69. The molecule has 0 bridgehead atoms. The molecule has 7 nitrogen and oxygen atoms in total. The number of hydrogen-bond acceptors (Lipinski definition) is 7. The zero-order valence-electron chi connectivity index (χ0n) is 15.0. The maximum absolute atomic E-state index is 11.2. The molecule has 0 amide bonds. The molecule has 0 radical (unpaired) electrons. The molecule has 2 aromatic carbocycles. The second-order valence-corrected chi connectivity index (χ2v) is 4.72. The maximum Gasteiger partial charge on any atom is 1.00 e. The topological polar surface area (TPSA) is 123 Å². The van der Waals surface area contributed by atoms with Gasteiger partial charge in [-0.05, 0) is 55.0 Å². The summed E-state index contributed by atoms with van der Waals surface area (Å²) in [5.74, 6) is -0.462. The molecule has 0 fully saturated rings. The average molecular weight is 372 g/mol. The Morgan fingerprint density at radius 2 is 1.23 bits per heavy atom. The fourth-order valence-electron chi connectivity index (χ4n) is 1.59. The van der Waals surface area contributed by atoms with Crippen LogP contribution in [0.15, 0.2) is 48.5 Å². The fraction of sp³-hybridized carbons (Fsp3) is 0.222. The number of phenolic OH excluding ortho intramolecular Hbond substituents is 2. The third-order valence-electron chi connectivity index (χ3n) is 2.83. The summed E-state index contributed by atoms with van der Waals surface area (Å²) >= 11 is 0. The van der Waals surface area contributed by atoms with E-state index in [0.717, 1.165) is 6.42 Å². The summed E-state index contributed by atoms with van der Waals surface area (Å²) in [7, 11) is 1.31. The molecule has 0 saturated heterocycles. The quantitative estimate of drug-likeness (QED) is 0.570. The molecule has 0 aliphatic heterocycles. The number of benzene rings is 2. The van der Waals surface area contributed by atoms with Crippen LogP contribution in [0.5, 0.6) is 11.5 Å². The molecule has 0 aliphatic carbocycles. The predicted molar refractivity (Wildman–Crippen MR) is 90.1 cm³/mol. The molecule has 0 saturated carbocycles. The minimum atomic E-state index is -0.398. The minimum Gasteiger partial charge on any atom is -0.870 e. The molecule has 0 aromatic heterocycles. The van der Waals surface area contributed by atoms with Crippen LogP contribution in [-0.2, 0) is 9.47 Å². The first-order valence-corrected chi connectivity index (χ1v) is 7.31. The van der Waals surface area contributed by atoms with E-state index >= 15 is 0 Å². The molecule has 136 valence electrons. The maximum atomic E-state index is 11.2. The largest absolute Gasteiger partial charge is 1.00 e. The van der Waals surface area contributed by atoms with Gasteiger partial charge >= 0.3 is 41.5 Å². The Bertz CT molecular complexity index is 654. The number of carbonyl (C=O) groups excluding carboxylic acids is 2. The van der Waals surface area contributed by atoms with Crippen LogP contribution in [0.1, 0.15) is 34.1 Å². The molecule has 0 heterocycles. The third kappa shape index (κ3) is 9.43. The Balaban J connectivity index is 0. The van der Waals surface area contributed by atoms with Crippen LogP contribution in [0.25, 0.3) is 0 Å². The van der Waals surface area contributed by atoms with Gasteiger partial charge < -0.3 is 25.2 Å². The average Bonchev–Trinajstić information content (AvgIpc) is 2.61. The molecule has 0 aliphatic rings. The molecule has 2 aromatic rings. The van der Waals surface area contributed by atoms with Gasteiger partial charge in [0.05, 0.1) is 24.8 Å². The van der Waals surface area contributed by atoms with Crippen LogP contribution in [0, 0.1) is 0 Å². The fourth-order valence-corrected chi connectivity index (χ4v) is 1.59. The Morgan fingerprint density at radius 1 is 0.846 bits per heavy atom. The van der Waals surface area contributed by atoms with Crippen molar-refractivity contribution in [3.8, 4) is 11.5 Å². The Labute approximate surface area is 174 Å². The number of phenols is 2. The Morgan fingerprint density at radius 3 is 1.58 bits per heavy atom. The zero-order valence-corrected chi connectivity index (χ0v) is 17.0. The van der Waals surface area contributed by atoms with Crippen LogP contribution >= 0.6 is 0 Å². The van der Waals surface area contributed by atoms with Gasteiger partial charge in [-0.15, -0.1) is 0 Å². The number of rotatable bonds is 4. The molecular weight excluding hydrogens is 351 g/mol. The third-order valence-corrected chi connectivity index (χ3v) is 2.83. The molecule has 26 heavy (non-hydrogen) atoms. The summed E-state index contributed by atoms with van der Waals surface area (Å²) in [5.41, 5.74) is 0.900. The van der Waals surface area contributed by atoms with Crippen molar-refractivity contribution in [1.82, 2.24) is 0 Å². The molecule has 0 unspecified atom stereocenters. The summed E-state index contributed by atoms with van der Waals surface area (Å²) in [4.78, 5) is 22.0. The van der Waals surface area contributed by atoms with Gasteiger partial charge in [-0.1, -0.05) is 6.92 Å². The molecule has 3 N–H and O–H groups in total. The Kier molecular flexibility index (Phi) is 14.2. The van der Waals surface area contributed by atoms with E-state index < -0.39 is 5.97 Å². The van der Waals surface area contributed by atoms with E-state index in [1.165, 1.54) is 55.6 Å². The van der Waals surface area contributed by atoms with Gasteiger partial charge in [0.15, 0.2) is 0 Å². The van der Waals surface area contributed by atoms with Crippen molar-refractivity contribution in [3.63, 3.8) is 0 Å². The number of hydrogen-bond donors (Lipinski definition) is 2. The number of esters is 2. The van der Waals surface area contributed by atoms with Crippen molar-refractivity contribution < 1.29 is 64.3 Å². The molecule has 0 spiro atoms. The van der Waals surface area contributed by atoms with E-state index in [0.29, 0.717) is 17.7 Å². The van der Waals surface area contributed by atoms with Crippen molar-refractivity contribution in [3.05, 3.63) is 59.7 Å². The van der Waals surface area contributed by atoms with Crippen molar-refractivity contribution in [2.45, 2.75) is 13.3 Å². The van der Waals surface area contributed by atoms with Crippen molar-refractivity contribution in [1.29, 1.82) is 0 Å². The molecule has 2 rings (SSSR count). The van der Waals surface area contributed by atoms with Gasteiger partial charge in [0.2, 0.25) is 0 Å². The summed E-state index contributed by atoms with van der Waals surface area (Å²) in [5, 5.41) is 17.8. The first kappa shape index (κ1) is 26.2. The number of aromatic hydroxyl groups is 2. The Hall–Kier alpha value is -2.06. The van der Waals surface area contributed by atoms with E-state index in [1.807, 2.05) is 6.92 Å². The van der Waals surface area contributed by atoms with E-state index in [4.69, 9.17) is 14.9 Å². The van der Waals surface area contributed by atoms with Gasteiger partial charge in [-0.25, -0.2) is 9.59 Å². The van der Waals surface area contributed by atoms with Gasteiger partial charge in [0.25, 0.3) is 0 Å². The van der Waals surface area contributed by atoms with Crippen LogP contribution in [0.4, 0.5) is 0 Å². The monoisotopic (exact) mass is 372 g/mol. The molecular formula is C18H21NaO7. The van der Waals surface area contributed by atoms with Gasteiger partial charge in [-0.2, -0.15) is 0 Å². The number of carbonyl (C=O) groups is 2. The van der Waals surface area contributed by atoms with Gasteiger partial charge in [0, 0.05) is 0 Å². The van der Waals surface area contributed by atoms with Crippen molar-refractivity contribution in [2.75, 3.05) is 13.7 Å². The van der Waals surface area contributed by atoms with Crippen LogP contribution < -0.4 is 29.6 Å². The van der Waals surface area contributed by atoms with E-state index in [2.05, 4.69) is 4.74 Å². The summed E-state index contributed by atoms with van der Waals surface area (Å²) in [6.45, 7) is 2.36. The second-order valence-electron chi connectivity index (χ2n) is 4.72. The van der Waals surface area contributed by atoms with Crippen LogP contribution in [-0.4, -0.2) is 41.3 Å². The summed E-state index contributed by atoms with van der Waals surface area (Å²) in [6.07, 6.45) is 0.809. The first-order chi connectivity index (χ1) is 11.5. The van der Waals surface area contributed by atoms with Gasteiger partial charge in [-0.3, -0.25) is 0 Å². The van der Waals surface area contributed by atoms with Crippen LogP contribution in [0.3, 0.4) is 0 Å². The number of methoxy groups -OCH3 is 1. The van der Waals surface area contributed by atoms with Gasteiger partial charge in [0.1, 0.15) is 11.5 Å². The molecule has 8 heteroatoms. The minimum absolute atomic E-state index is 0. The van der Waals surface area contributed by atoms with Crippen molar-refractivity contribution >= 4 is 11.9 Å². The molecule has 0 atom stereocenters. The summed E-state index contributed by atoms with van der Waals surface area (Å²) in [6, 6.07) is 11.9. The van der Waals surface area contributed by atoms with Crippen molar-refractivity contribution in [2.24, 2.45) is 0 Å². The zero-order chi connectivity index (χ0) is 17.9. The number of ether oxygens (including phenoxy) is 2. The second kappa shape index (κ2) is 14.1. The SMILES string of the molecule is CCCOC(=O)c1ccc(O)cc1.COC(=O)c1ccc(O)cc1.[Na+].[OH-]. The summed E-state index contributed by atoms with van der Waals surface area (Å²) < 4.78 is 9.35. The predicted octanol–water partition coefficient (Wildman–Crippen LogP) is -0.0350. The standard InChI is InChI=1S/C10H12O3.C8H8O3.Na.H2O/c1-2-7-13-10(12)8-3-5-9(11)6-4-8;1-11-8(10)6-2-4-7(9)5-3-6;;/h3-6,11H,2,7H2,1H3;2-5,9H,1H3;;1H2/q;;+1;/p-1. The van der Waals surface area contributed by atoms with E-state index in [-0.39, 0.29) is 52.5 Å².